The van der Waals surface area contributed by atoms with Crippen molar-refractivity contribution in [3.63, 3.8) is 0 Å². The summed E-state index contributed by atoms with van der Waals surface area (Å²) in [5.74, 6) is -0.0978. The number of aromatic nitrogens is 2. The Balaban J connectivity index is 2.20. The van der Waals surface area contributed by atoms with Crippen LogP contribution in [0.2, 0.25) is 0 Å². The number of morpholine rings is 1. The topological polar surface area (TPSA) is 73.5 Å². The Hall–Kier alpha value is -2.41. The zero-order valence-corrected chi connectivity index (χ0v) is 14.6. The van der Waals surface area contributed by atoms with Crippen LogP contribution in [0.25, 0.3) is 10.9 Å². The number of ether oxygens (including phenoxy) is 1. The third kappa shape index (κ3) is 3.00. The first kappa shape index (κ1) is 17.4. The summed E-state index contributed by atoms with van der Waals surface area (Å²) in [7, 11) is 0. The third-order valence-electron chi connectivity index (χ3n) is 4.70. The molecule has 134 valence electrons. The number of fused-ring (bicyclic) bond motifs is 1. The van der Waals surface area contributed by atoms with E-state index in [1.807, 2.05) is 6.92 Å². The summed E-state index contributed by atoms with van der Waals surface area (Å²) in [6.07, 6.45) is 0.474. The highest BCUT2D eigenvalue weighted by atomic mass is 16.5. The minimum atomic E-state index is -0.631. The minimum Gasteiger partial charge on any atom is -0.378 e. The average molecular weight is 345 g/mol. The summed E-state index contributed by atoms with van der Waals surface area (Å²) in [5, 5.41) is 0.456. The lowest BCUT2D eigenvalue weighted by Gasteiger charge is -2.31. The van der Waals surface area contributed by atoms with Gasteiger partial charge in [-0.05, 0) is 25.5 Å². The molecule has 25 heavy (non-hydrogen) atoms. The number of hydrogen-bond donors (Lipinski definition) is 0. The van der Waals surface area contributed by atoms with Crippen LogP contribution in [0.1, 0.15) is 26.3 Å². The predicted octanol–water partition coefficient (Wildman–Crippen LogP) is 0.993. The molecule has 0 N–H and O–H groups in total. The number of benzene rings is 1. The first-order valence-electron chi connectivity index (χ1n) is 8.70. The van der Waals surface area contributed by atoms with Gasteiger partial charge in [-0.1, -0.05) is 19.1 Å². The van der Waals surface area contributed by atoms with E-state index in [2.05, 4.69) is 0 Å². The van der Waals surface area contributed by atoms with E-state index in [0.29, 0.717) is 43.6 Å². The van der Waals surface area contributed by atoms with Gasteiger partial charge in [-0.2, -0.15) is 0 Å². The maximum atomic E-state index is 13.0. The first-order valence-corrected chi connectivity index (χ1v) is 8.70. The van der Waals surface area contributed by atoms with Gasteiger partial charge >= 0.3 is 5.69 Å². The van der Waals surface area contributed by atoms with Gasteiger partial charge in [-0.3, -0.25) is 18.7 Å². The van der Waals surface area contributed by atoms with Gasteiger partial charge in [0, 0.05) is 19.6 Å². The van der Waals surface area contributed by atoms with Crippen molar-refractivity contribution in [3.05, 3.63) is 45.1 Å². The molecule has 1 aromatic carbocycles. The van der Waals surface area contributed by atoms with E-state index in [-0.39, 0.29) is 18.0 Å². The van der Waals surface area contributed by atoms with Crippen molar-refractivity contribution in [3.8, 4) is 0 Å². The van der Waals surface area contributed by atoms with Gasteiger partial charge in [0.15, 0.2) is 0 Å². The summed E-state index contributed by atoms with van der Waals surface area (Å²) in [5.41, 5.74) is -0.233. The molecule has 2 heterocycles. The highest BCUT2D eigenvalue weighted by Gasteiger charge is 2.29. The van der Waals surface area contributed by atoms with Gasteiger partial charge in [0.1, 0.15) is 6.04 Å². The molecular formula is C18H23N3O4. The van der Waals surface area contributed by atoms with Crippen molar-refractivity contribution in [2.45, 2.75) is 32.9 Å². The summed E-state index contributed by atoms with van der Waals surface area (Å²) in [4.78, 5) is 40.3. The molecule has 7 heteroatoms. The summed E-state index contributed by atoms with van der Waals surface area (Å²) in [6, 6.07) is 6.34. The van der Waals surface area contributed by atoms with Gasteiger partial charge < -0.3 is 9.64 Å². The lowest BCUT2D eigenvalue weighted by Crippen LogP contribution is -2.48. The number of hydrogen-bond acceptors (Lipinski definition) is 4. The smallest absolute Gasteiger partial charge is 0.332 e. The van der Waals surface area contributed by atoms with Crippen LogP contribution >= 0.6 is 0 Å². The Morgan fingerprint density at radius 2 is 1.84 bits per heavy atom. The Morgan fingerprint density at radius 3 is 2.48 bits per heavy atom. The molecule has 0 unspecified atom stereocenters. The van der Waals surface area contributed by atoms with Crippen molar-refractivity contribution in [1.29, 1.82) is 0 Å². The number of rotatable bonds is 4. The van der Waals surface area contributed by atoms with Crippen LogP contribution in [0, 0.1) is 0 Å². The zero-order chi connectivity index (χ0) is 18.0. The number of para-hydroxylation sites is 1. The maximum Gasteiger partial charge on any atom is 0.332 e. The van der Waals surface area contributed by atoms with Gasteiger partial charge in [-0.25, -0.2) is 4.79 Å². The predicted molar refractivity (Wildman–Crippen MR) is 94.9 cm³/mol. The van der Waals surface area contributed by atoms with Crippen LogP contribution in [0.3, 0.4) is 0 Å². The van der Waals surface area contributed by atoms with E-state index in [1.165, 1.54) is 9.13 Å². The third-order valence-corrected chi connectivity index (χ3v) is 4.70. The Bertz CT molecular complexity index is 893. The van der Waals surface area contributed by atoms with E-state index in [9.17, 15) is 14.4 Å². The Labute approximate surface area is 145 Å². The molecule has 3 rings (SSSR count). The molecule has 0 aliphatic carbocycles. The van der Waals surface area contributed by atoms with E-state index in [4.69, 9.17) is 4.74 Å². The lowest BCUT2D eigenvalue weighted by molar-refractivity contribution is -0.139. The average Bonchev–Trinajstić information content (AvgIpc) is 2.66. The fourth-order valence-electron chi connectivity index (χ4n) is 3.37. The Morgan fingerprint density at radius 1 is 1.16 bits per heavy atom. The molecule has 1 atom stereocenters. The largest absolute Gasteiger partial charge is 0.378 e. The molecule has 0 bridgehead atoms. The van der Waals surface area contributed by atoms with Crippen molar-refractivity contribution < 1.29 is 9.53 Å². The quantitative estimate of drug-likeness (QED) is 0.828. The number of nitrogens with zero attached hydrogens (tertiary/aromatic N) is 3. The van der Waals surface area contributed by atoms with E-state index in [0.717, 1.165) is 0 Å². The van der Waals surface area contributed by atoms with Gasteiger partial charge in [0.25, 0.3) is 5.56 Å². The molecule has 1 aliphatic rings. The Kier molecular flexibility index (Phi) is 5.03. The zero-order valence-electron chi connectivity index (χ0n) is 14.6. The number of carbonyl (C=O) groups is 1. The van der Waals surface area contributed by atoms with Crippen LogP contribution in [0.5, 0.6) is 0 Å². The fraction of sp³-hybridized carbons (Fsp3) is 0.500. The molecule has 0 spiro atoms. The molecule has 1 aromatic heterocycles. The van der Waals surface area contributed by atoms with E-state index in [1.54, 1.807) is 36.1 Å². The van der Waals surface area contributed by atoms with Crippen LogP contribution in [-0.4, -0.2) is 46.2 Å². The molecule has 1 saturated heterocycles. The normalized spacial score (nSPS) is 16.2. The first-order chi connectivity index (χ1) is 12.1. The lowest BCUT2D eigenvalue weighted by atomic mass is 10.1. The van der Waals surface area contributed by atoms with Crippen molar-refractivity contribution in [2.75, 3.05) is 26.3 Å². The highest BCUT2D eigenvalue weighted by Crippen LogP contribution is 2.19. The van der Waals surface area contributed by atoms with Crippen LogP contribution in [-0.2, 0) is 16.1 Å². The number of amides is 1. The maximum absolute atomic E-state index is 13.0. The van der Waals surface area contributed by atoms with Gasteiger partial charge in [-0.15, -0.1) is 0 Å². The van der Waals surface area contributed by atoms with Crippen LogP contribution < -0.4 is 11.2 Å². The molecule has 1 fully saturated rings. The summed E-state index contributed by atoms with van der Waals surface area (Å²) in [6.45, 7) is 5.96. The molecule has 1 amide bonds. The van der Waals surface area contributed by atoms with E-state index < -0.39 is 11.7 Å². The number of carbonyl (C=O) groups excluding carboxylic acids is 1. The molecule has 2 aromatic rings. The molecule has 1 aliphatic heterocycles. The highest BCUT2D eigenvalue weighted by molar-refractivity contribution is 5.84. The second kappa shape index (κ2) is 7.23. The summed E-state index contributed by atoms with van der Waals surface area (Å²) >= 11 is 0. The molecule has 7 nitrogen and oxygen atoms in total. The van der Waals surface area contributed by atoms with Crippen molar-refractivity contribution in [1.82, 2.24) is 14.0 Å². The van der Waals surface area contributed by atoms with Gasteiger partial charge in [0.05, 0.1) is 24.1 Å². The molecular weight excluding hydrogens is 322 g/mol. The van der Waals surface area contributed by atoms with E-state index >= 15 is 0 Å². The standard InChI is InChI=1S/C18H23N3O4/c1-3-14(17(23)19-9-11-25-12-10-19)21-15-8-6-5-7-13(15)16(22)20(4-2)18(21)24/h5-8,14H,3-4,9-12H2,1-2H3/t14-/m1/s1. The second-order valence-electron chi connectivity index (χ2n) is 6.08. The van der Waals surface area contributed by atoms with Crippen molar-refractivity contribution in [2.24, 2.45) is 0 Å². The summed E-state index contributed by atoms with van der Waals surface area (Å²) < 4.78 is 7.98. The fourth-order valence-corrected chi connectivity index (χ4v) is 3.37. The monoisotopic (exact) mass is 345 g/mol. The van der Waals surface area contributed by atoms with Gasteiger partial charge in [0.2, 0.25) is 5.91 Å². The van der Waals surface area contributed by atoms with Crippen molar-refractivity contribution >= 4 is 16.8 Å². The van der Waals surface area contributed by atoms with Crippen LogP contribution in [0.4, 0.5) is 0 Å². The minimum absolute atomic E-state index is 0.0978. The molecule has 0 saturated carbocycles. The SMILES string of the molecule is CC[C@H](C(=O)N1CCOCC1)n1c(=O)n(CC)c(=O)c2ccccc21. The molecule has 0 radical (unpaired) electrons. The second-order valence-corrected chi connectivity index (χ2v) is 6.08. The van der Waals surface area contributed by atoms with Crippen LogP contribution in [0.15, 0.2) is 33.9 Å².